The summed E-state index contributed by atoms with van der Waals surface area (Å²) in [5.41, 5.74) is 4.17. The van der Waals surface area contributed by atoms with Gasteiger partial charge in [0.2, 0.25) is 0 Å². The molecule has 43 heavy (non-hydrogen) atoms. The highest BCUT2D eigenvalue weighted by molar-refractivity contribution is 7.17. The van der Waals surface area contributed by atoms with Crippen molar-refractivity contribution in [3.63, 3.8) is 0 Å². The molecular weight excluding hydrogens is 586 g/mol. The van der Waals surface area contributed by atoms with Crippen LogP contribution in [0.15, 0.2) is 78.9 Å². The van der Waals surface area contributed by atoms with Gasteiger partial charge in [-0.1, -0.05) is 83.6 Å². The van der Waals surface area contributed by atoms with E-state index in [-0.39, 0.29) is 13.2 Å². The summed E-state index contributed by atoms with van der Waals surface area (Å²) in [6, 6.07) is 23.9. The third-order valence-corrected chi connectivity index (χ3v) is 8.12. The first-order valence-electron chi connectivity index (χ1n) is 13.6. The van der Waals surface area contributed by atoms with Gasteiger partial charge in [0.05, 0.1) is 35.6 Å². The van der Waals surface area contributed by atoms with Crippen LogP contribution in [0.1, 0.15) is 43.8 Å². The summed E-state index contributed by atoms with van der Waals surface area (Å²) in [4.78, 5) is 50.8. The lowest BCUT2D eigenvalue weighted by atomic mass is 9.98. The predicted octanol–water partition coefficient (Wildman–Crippen LogP) is 7.20. The van der Waals surface area contributed by atoms with Gasteiger partial charge in [0.25, 0.3) is 5.91 Å². The van der Waals surface area contributed by atoms with Gasteiger partial charge in [-0.25, -0.2) is 19.6 Å². The van der Waals surface area contributed by atoms with E-state index >= 15 is 0 Å². The number of thiazole rings is 1. The Kier molecular flexibility index (Phi) is 9.13. The number of aromatic nitrogens is 2. The number of carbonyl (C=O) groups is 3. The van der Waals surface area contributed by atoms with Crippen LogP contribution in [0.25, 0.3) is 22.2 Å². The molecule has 0 atom stereocenters. The minimum absolute atomic E-state index is 0.169. The Morgan fingerprint density at radius 1 is 0.884 bits per heavy atom. The first-order valence-corrected chi connectivity index (χ1v) is 14.8. The molecule has 0 fully saturated rings. The molecule has 0 N–H and O–H groups in total. The van der Waals surface area contributed by atoms with Crippen LogP contribution in [0.5, 0.6) is 0 Å². The summed E-state index contributed by atoms with van der Waals surface area (Å²) in [6.45, 7) is 5.05. The third kappa shape index (κ3) is 6.58. The van der Waals surface area contributed by atoms with E-state index in [2.05, 4.69) is 4.98 Å². The van der Waals surface area contributed by atoms with E-state index in [1.165, 1.54) is 4.90 Å². The molecule has 0 bridgehead atoms. The van der Waals surface area contributed by atoms with Gasteiger partial charge in [-0.3, -0.25) is 9.69 Å². The number of aryl methyl sites for hydroxylation is 1. The number of anilines is 1. The van der Waals surface area contributed by atoms with Crippen LogP contribution >= 0.6 is 22.9 Å². The molecule has 0 spiro atoms. The summed E-state index contributed by atoms with van der Waals surface area (Å²) in [5, 5.41) is 1.46. The average Bonchev–Trinajstić information content (AvgIpc) is 3.40. The smallest absolute Gasteiger partial charge is 0.350 e. The quantitative estimate of drug-likeness (QED) is 0.162. The minimum atomic E-state index is -0.657. The summed E-state index contributed by atoms with van der Waals surface area (Å²) in [6.07, 6.45) is 0. The van der Waals surface area contributed by atoms with Crippen molar-refractivity contribution in [2.45, 2.75) is 27.3 Å². The molecule has 0 unspecified atom stereocenters. The van der Waals surface area contributed by atoms with Gasteiger partial charge in [-0.05, 0) is 50.1 Å². The second-order valence-corrected chi connectivity index (χ2v) is 11.1. The zero-order valence-electron chi connectivity index (χ0n) is 23.8. The highest BCUT2D eigenvalue weighted by Gasteiger charge is 2.27. The van der Waals surface area contributed by atoms with Crippen molar-refractivity contribution in [1.29, 1.82) is 0 Å². The van der Waals surface area contributed by atoms with Gasteiger partial charge >= 0.3 is 11.9 Å². The second kappa shape index (κ2) is 13.1. The van der Waals surface area contributed by atoms with Crippen molar-refractivity contribution in [2.75, 3.05) is 18.1 Å². The topological polar surface area (TPSA) is 98.7 Å². The van der Waals surface area contributed by atoms with Crippen LogP contribution in [-0.2, 0) is 20.8 Å². The number of nitrogens with zero attached hydrogens (tertiary/aromatic N) is 3. The number of carbonyl (C=O) groups excluding carboxylic acids is 3. The standard InChI is InChI=1S/C33H28ClN3O5S/c1-4-41-32(40)30-21(3)35-33(43-30)37(18-22-11-6-5-7-12-22)27(38)19-42-31(39)28-20(2)29(23-13-10-14-24(34)17-23)36-26-16-9-8-15-25(26)28/h5-17H,4,18-19H2,1-3H3. The summed E-state index contributed by atoms with van der Waals surface area (Å²) in [5.74, 6) is -1.65. The van der Waals surface area contributed by atoms with Crippen LogP contribution in [0, 0.1) is 13.8 Å². The monoisotopic (exact) mass is 613 g/mol. The Bertz CT molecular complexity index is 1820. The molecule has 10 heteroatoms. The van der Waals surface area contributed by atoms with Crippen LogP contribution in [-0.4, -0.2) is 41.0 Å². The molecule has 3 aromatic carbocycles. The van der Waals surface area contributed by atoms with E-state index < -0.39 is 24.5 Å². The summed E-state index contributed by atoms with van der Waals surface area (Å²) < 4.78 is 10.8. The lowest BCUT2D eigenvalue weighted by molar-refractivity contribution is -0.121. The van der Waals surface area contributed by atoms with E-state index in [1.807, 2.05) is 60.7 Å². The van der Waals surface area contributed by atoms with E-state index in [4.69, 9.17) is 26.1 Å². The van der Waals surface area contributed by atoms with Crippen LogP contribution in [0.4, 0.5) is 5.13 Å². The van der Waals surface area contributed by atoms with Crippen molar-refractivity contribution in [1.82, 2.24) is 9.97 Å². The van der Waals surface area contributed by atoms with Crippen molar-refractivity contribution in [3.05, 3.63) is 111 Å². The molecule has 5 aromatic rings. The van der Waals surface area contributed by atoms with E-state index in [0.717, 1.165) is 22.5 Å². The number of fused-ring (bicyclic) bond motifs is 1. The number of amides is 1. The molecule has 0 radical (unpaired) electrons. The Morgan fingerprint density at radius 2 is 1.63 bits per heavy atom. The number of pyridine rings is 1. The fourth-order valence-corrected chi connectivity index (χ4v) is 5.84. The fourth-order valence-electron chi connectivity index (χ4n) is 4.68. The van der Waals surface area contributed by atoms with Crippen LogP contribution < -0.4 is 4.90 Å². The Hall–Kier alpha value is -4.60. The first-order chi connectivity index (χ1) is 20.8. The maximum Gasteiger partial charge on any atom is 0.350 e. The molecule has 0 aliphatic carbocycles. The Morgan fingerprint density at radius 3 is 2.37 bits per heavy atom. The van der Waals surface area contributed by atoms with Gasteiger partial charge in [-0.15, -0.1) is 0 Å². The lowest BCUT2D eigenvalue weighted by Gasteiger charge is -2.20. The first kappa shape index (κ1) is 29.9. The number of para-hydroxylation sites is 1. The molecule has 0 aliphatic heterocycles. The zero-order valence-corrected chi connectivity index (χ0v) is 25.4. The number of halogens is 1. The van der Waals surface area contributed by atoms with Crippen molar-refractivity contribution >= 4 is 56.8 Å². The van der Waals surface area contributed by atoms with Gasteiger partial charge in [0, 0.05) is 16.0 Å². The Labute approximate surface area is 257 Å². The molecule has 0 saturated heterocycles. The highest BCUT2D eigenvalue weighted by atomic mass is 35.5. The maximum absolute atomic E-state index is 13.7. The fraction of sp³-hybridized carbons (Fsp3) is 0.182. The number of hydrogen-bond donors (Lipinski definition) is 0. The molecule has 2 aromatic heterocycles. The number of rotatable bonds is 9. The molecule has 5 rings (SSSR count). The number of benzene rings is 3. The number of ether oxygens (including phenoxy) is 2. The molecule has 1 amide bonds. The molecule has 2 heterocycles. The molecule has 0 saturated carbocycles. The van der Waals surface area contributed by atoms with Gasteiger partial charge < -0.3 is 9.47 Å². The van der Waals surface area contributed by atoms with E-state index in [1.54, 1.807) is 39.0 Å². The number of esters is 2. The SMILES string of the molecule is CCOC(=O)c1sc(N(Cc2ccccc2)C(=O)COC(=O)c2c(C)c(-c3cccc(Cl)c3)nc3ccccc23)nc1C. The predicted molar refractivity (Wildman–Crippen MR) is 168 cm³/mol. The van der Waals surface area contributed by atoms with Crippen molar-refractivity contribution in [2.24, 2.45) is 0 Å². The largest absolute Gasteiger partial charge is 0.462 e. The molecule has 0 aliphatic rings. The van der Waals surface area contributed by atoms with Crippen molar-refractivity contribution in [3.8, 4) is 11.3 Å². The maximum atomic E-state index is 13.7. The van der Waals surface area contributed by atoms with E-state index in [0.29, 0.717) is 48.4 Å². The van der Waals surface area contributed by atoms with Crippen molar-refractivity contribution < 1.29 is 23.9 Å². The summed E-state index contributed by atoms with van der Waals surface area (Å²) >= 11 is 7.30. The highest BCUT2D eigenvalue weighted by Crippen LogP contribution is 2.32. The second-order valence-electron chi connectivity index (χ2n) is 9.66. The Balaban J connectivity index is 1.45. The number of hydrogen-bond acceptors (Lipinski definition) is 8. The minimum Gasteiger partial charge on any atom is -0.462 e. The van der Waals surface area contributed by atoms with Gasteiger partial charge in [0.1, 0.15) is 4.88 Å². The molecular formula is C33H28ClN3O5S. The van der Waals surface area contributed by atoms with Gasteiger partial charge in [-0.2, -0.15) is 0 Å². The third-order valence-electron chi connectivity index (χ3n) is 6.73. The van der Waals surface area contributed by atoms with E-state index in [9.17, 15) is 14.4 Å². The normalized spacial score (nSPS) is 10.9. The average molecular weight is 614 g/mol. The molecule has 8 nitrogen and oxygen atoms in total. The van der Waals surface area contributed by atoms with Gasteiger partial charge in [0.15, 0.2) is 11.7 Å². The summed E-state index contributed by atoms with van der Waals surface area (Å²) in [7, 11) is 0. The zero-order chi connectivity index (χ0) is 30.5. The van der Waals surface area contributed by atoms with Crippen LogP contribution in [0.3, 0.4) is 0 Å². The molecule has 218 valence electrons. The van der Waals surface area contributed by atoms with Crippen LogP contribution in [0.2, 0.25) is 5.02 Å². The lowest BCUT2D eigenvalue weighted by Crippen LogP contribution is -2.34.